The Morgan fingerprint density at radius 2 is 1.75 bits per heavy atom. The van der Waals surface area contributed by atoms with E-state index in [0.717, 1.165) is 0 Å². The summed E-state index contributed by atoms with van der Waals surface area (Å²) in [6.07, 6.45) is 1.52. The van der Waals surface area contributed by atoms with Crippen molar-refractivity contribution in [2.45, 2.75) is 6.61 Å². The van der Waals surface area contributed by atoms with Gasteiger partial charge in [0.05, 0.1) is 0 Å². The zero-order valence-electron chi connectivity index (χ0n) is 14.3. The number of aliphatic imine (C=N–C) groups is 1. The van der Waals surface area contributed by atoms with E-state index in [1.807, 2.05) is 0 Å². The van der Waals surface area contributed by atoms with E-state index in [2.05, 4.69) is 9.73 Å². The third kappa shape index (κ3) is 4.91. The van der Waals surface area contributed by atoms with Crippen molar-refractivity contribution in [2.75, 3.05) is 6.61 Å². The molecule has 0 fully saturated rings. The molecule has 2 aromatic carbocycles. The highest BCUT2D eigenvalue weighted by molar-refractivity contribution is 6.12. The van der Waals surface area contributed by atoms with Crippen LogP contribution in [-0.2, 0) is 14.3 Å². The molecule has 28 heavy (non-hydrogen) atoms. The molecule has 2 N–H and O–H groups in total. The van der Waals surface area contributed by atoms with Gasteiger partial charge in [-0.1, -0.05) is 12.1 Å². The van der Waals surface area contributed by atoms with Crippen LogP contribution < -0.4 is 15.2 Å². The molecule has 0 saturated heterocycles. The SMILES string of the molecule is NC(=O)COc1ccc(C=C2N=C(c3ccc(OC(F)F)cc3)OC2=O)cc1. The van der Waals surface area contributed by atoms with E-state index in [1.165, 1.54) is 30.3 Å². The van der Waals surface area contributed by atoms with Crippen LogP contribution in [-0.4, -0.2) is 31.0 Å². The molecule has 3 rings (SSSR count). The minimum atomic E-state index is -2.92. The molecule has 0 spiro atoms. The quantitative estimate of drug-likeness (QED) is 0.580. The minimum absolute atomic E-state index is 0.0157. The van der Waals surface area contributed by atoms with Crippen LogP contribution in [0.5, 0.6) is 11.5 Å². The summed E-state index contributed by atoms with van der Waals surface area (Å²) >= 11 is 0. The lowest BCUT2D eigenvalue weighted by atomic mass is 10.2. The summed E-state index contributed by atoms with van der Waals surface area (Å²) in [5, 5.41) is 0. The van der Waals surface area contributed by atoms with Crippen molar-refractivity contribution in [3.8, 4) is 11.5 Å². The Labute approximate surface area is 158 Å². The topological polar surface area (TPSA) is 100 Å². The van der Waals surface area contributed by atoms with Crippen molar-refractivity contribution in [3.05, 3.63) is 65.4 Å². The summed E-state index contributed by atoms with van der Waals surface area (Å²) in [5.74, 6) is -0.739. The number of halogens is 2. The summed E-state index contributed by atoms with van der Waals surface area (Å²) in [6, 6.07) is 12.1. The zero-order valence-corrected chi connectivity index (χ0v) is 14.3. The molecular formula is C19H14F2N2O5. The third-order valence-corrected chi connectivity index (χ3v) is 3.51. The number of hydrogen-bond donors (Lipinski definition) is 1. The maximum absolute atomic E-state index is 12.2. The summed E-state index contributed by atoms with van der Waals surface area (Å²) in [6.45, 7) is -3.16. The number of nitrogens with two attached hydrogens (primary N) is 1. The van der Waals surface area contributed by atoms with Crippen molar-refractivity contribution >= 4 is 23.9 Å². The number of nitrogens with zero attached hydrogens (tertiary/aromatic N) is 1. The molecule has 1 aliphatic heterocycles. The molecule has 144 valence electrons. The molecule has 1 aliphatic rings. The van der Waals surface area contributed by atoms with Crippen LogP contribution in [0, 0.1) is 0 Å². The van der Waals surface area contributed by atoms with E-state index < -0.39 is 18.5 Å². The van der Waals surface area contributed by atoms with Crippen molar-refractivity contribution in [1.82, 2.24) is 0 Å². The standard InChI is InChI=1S/C19H14F2N2O5/c20-19(21)27-14-7-3-12(4-8-14)17-23-15(18(25)28-17)9-11-1-5-13(6-2-11)26-10-16(22)24/h1-9,19H,10H2,(H2,22,24). The van der Waals surface area contributed by atoms with Crippen molar-refractivity contribution in [2.24, 2.45) is 10.7 Å². The van der Waals surface area contributed by atoms with Gasteiger partial charge in [0.2, 0.25) is 5.90 Å². The van der Waals surface area contributed by atoms with E-state index in [4.69, 9.17) is 15.2 Å². The van der Waals surface area contributed by atoms with E-state index in [1.54, 1.807) is 24.3 Å². The number of carbonyl (C=O) groups is 2. The Hall–Kier alpha value is -3.75. The van der Waals surface area contributed by atoms with Gasteiger partial charge in [-0.3, -0.25) is 4.79 Å². The molecule has 1 amide bonds. The summed E-state index contributed by atoms with van der Waals surface area (Å²) in [7, 11) is 0. The fourth-order valence-electron chi connectivity index (χ4n) is 2.28. The first-order valence-corrected chi connectivity index (χ1v) is 8.00. The number of rotatable bonds is 7. The minimum Gasteiger partial charge on any atom is -0.484 e. The summed E-state index contributed by atoms with van der Waals surface area (Å²) in [4.78, 5) is 26.8. The highest BCUT2D eigenvalue weighted by Crippen LogP contribution is 2.22. The fraction of sp³-hybridized carbons (Fsp3) is 0.105. The van der Waals surface area contributed by atoms with Gasteiger partial charge in [0, 0.05) is 5.56 Å². The Kier molecular flexibility index (Phi) is 5.64. The van der Waals surface area contributed by atoms with Gasteiger partial charge in [0.15, 0.2) is 12.3 Å². The predicted molar refractivity (Wildman–Crippen MR) is 94.8 cm³/mol. The number of hydrogen-bond acceptors (Lipinski definition) is 6. The van der Waals surface area contributed by atoms with Crippen LogP contribution in [0.4, 0.5) is 8.78 Å². The largest absolute Gasteiger partial charge is 0.484 e. The number of ether oxygens (including phenoxy) is 3. The van der Waals surface area contributed by atoms with Crippen molar-refractivity contribution in [3.63, 3.8) is 0 Å². The average molecular weight is 388 g/mol. The normalized spacial score (nSPS) is 14.8. The first kappa shape index (κ1) is 19.0. The molecule has 1 heterocycles. The first-order chi connectivity index (χ1) is 13.4. The number of cyclic esters (lactones) is 1. The molecule has 0 aliphatic carbocycles. The Morgan fingerprint density at radius 3 is 2.36 bits per heavy atom. The molecule has 0 saturated carbocycles. The number of esters is 1. The van der Waals surface area contributed by atoms with Crippen molar-refractivity contribution < 1.29 is 32.6 Å². The smallest absolute Gasteiger partial charge is 0.387 e. The van der Waals surface area contributed by atoms with Crippen LogP contribution in [0.15, 0.2) is 59.2 Å². The Morgan fingerprint density at radius 1 is 1.11 bits per heavy atom. The number of carbonyl (C=O) groups excluding carboxylic acids is 2. The van der Waals surface area contributed by atoms with E-state index in [-0.39, 0.29) is 24.0 Å². The average Bonchev–Trinajstić information content (AvgIpc) is 3.02. The molecule has 7 nitrogen and oxygen atoms in total. The van der Waals surface area contributed by atoms with Gasteiger partial charge >= 0.3 is 12.6 Å². The van der Waals surface area contributed by atoms with Gasteiger partial charge in [0.25, 0.3) is 5.91 Å². The lowest BCUT2D eigenvalue weighted by molar-refractivity contribution is -0.130. The van der Waals surface area contributed by atoms with Gasteiger partial charge in [-0.05, 0) is 48.0 Å². The summed E-state index contributed by atoms with van der Waals surface area (Å²) < 4.78 is 38.9. The van der Waals surface area contributed by atoms with Gasteiger partial charge in [-0.15, -0.1) is 0 Å². The molecule has 0 unspecified atom stereocenters. The molecule has 0 radical (unpaired) electrons. The second-order valence-corrected chi connectivity index (χ2v) is 5.56. The second-order valence-electron chi connectivity index (χ2n) is 5.56. The Balaban J connectivity index is 1.73. The van der Waals surface area contributed by atoms with Gasteiger partial charge in [-0.25, -0.2) is 9.79 Å². The van der Waals surface area contributed by atoms with Gasteiger partial charge in [0.1, 0.15) is 11.5 Å². The lowest BCUT2D eigenvalue weighted by Crippen LogP contribution is -2.19. The van der Waals surface area contributed by atoms with Crippen molar-refractivity contribution in [1.29, 1.82) is 0 Å². The highest BCUT2D eigenvalue weighted by Gasteiger charge is 2.24. The molecule has 0 bridgehead atoms. The summed E-state index contributed by atoms with van der Waals surface area (Å²) in [5.41, 5.74) is 6.18. The second kappa shape index (κ2) is 8.30. The molecule has 2 aromatic rings. The van der Waals surface area contributed by atoms with Crippen LogP contribution >= 0.6 is 0 Å². The van der Waals surface area contributed by atoms with Crippen LogP contribution in [0.2, 0.25) is 0 Å². The van der Waals surface area contributed by atoms with Crippen LogP contribution in [0.1, 0.15) is 11.1 Å². The predicted octanol–water partition coefficient (Wildman–Crippen LogP) is 2.50. The number of amides is 1. The van der Waals surface area contributed by atoms with E-state index >= 15 is 0 Å². The number of primary amides is 1. The number of benzene rings is 2. The van der Waals surface area contributed by atoms with Gasteiger partial charge in [-0.2, -0.15) is 8.78 Å². The fourth-order valence-corrected chi connectivity index (χ4v) is 2.28. The zero-order chi connectivity index (χ0) is 20.1. The number of alkyl halides is 2. The van der Waals surface area contributed by atoms with E-state index in [0.29, 0.717) is 16.9 Å². The van der Waals surface area contributed by atoms with Gasteiger partial charge < -0.3 is 19.9 Å². The highest BCUT2D eigenvalue weighted by atomic mass is 19.3. The maximum atomic E-state index is 12.2. The first-order valence-electron chi connectivity index (χ1n) is 8.00. The molecule has 0 atom stereocenters. The van der Waals surface area contributed by atoms with E-state index in [9.17, 15) is 18.4 Å². The van der Waals surface area contributed by atoms with Crippen LogP contribution in [0.25, 0.3) is 6.08 Å². The maximum Gasteiger partial charge on any atom is 0.387 e. The molecule has 9 heteroatoms. The van der Waals surface area contributed by atoms with Crippen LogP contribution in [0.3, 0.4) is 0 Å². The molecule has 0 aromatic heterocycles. The third-order valence-electron chi connectivity index (χ3n) is 3.51. The Bertz CT molecular complexity index is 938. The lowest BCUT2D eigenvalue weighted by Gasteiger charge is -2.04. The molecular weight excluding hydrogens is 374 g/mol. The monoisotopic (exact) mass is 388 g/mol.